The van der Waals surface area contributed by atoms with E-state index in [0.29, 0.717) is 5.57 Å². The molecule has 0 aromatic heterocycles. The van der Waals surface area contributed by atoms with Gasteiger partial charge in [-0.05, 0) is 44.3 Å². The van der Waals surface area contributed by atoms with Gasteiger partial charge in [-0.15, -0.1) is 0 Å². The van der Waals surface area contributed by atoms with Gasteiger partial charge in [0, 0.05) is 6.42 Å². The lowest BCUT2D eigenvalue weighted by Crippen LogP contribution is -2.47. The maximum atomic E-state index is 13.1. The van der Waals surface area contributed by atoms with E-state index in [0.717, 1.165) is 22.3 Å². The van der Waals surface area contributed by atoms with Crippen LogP contribution in [0.2, 0.25) is 0 Å². The minimum atomic E-state index is -1.88. The fraction of sp³-hybridized carbons (Fsp3) is 0.472. The summed E-state index contributed by atoms with van der Waals surface area (Å²) in [4.78, 5) is 37.6. The SMILES string of the molecule is C=C/C(C)=C/C=C/C=C(C)/C=C/C=C(C)/C=C/C1=C(C)C(=O)C(OC(=O)CCC(=O)OCC(O)C(O)C(O)C(O)CO)CC1(C)C. The number of hydrogen-bond acceptors (Lipinski definition) is 10. The summed E-state index contributed by atoms with van der Waals surface area (Å²) in [5.74, 6) is -1.97. The highest BCUT2D eigenvalue weighted by molar-refractivity contribution is 6.01. The highest BCUT2D eigenvalue weighted by Gasteiger charge is 2.40. The zero-order chi connectivity index (χ0) is 35.0. The first-order valence-electron chi connectivity index (χ1n) is 15.1. The average Bonchev–Trinajstić information content (AvgIpc) is 3.01. The molecule has 10 heteroatoms. The number of aliphatic hydroxyl groups excluding tert-OH is 5. The van der Waals surface area contributed by atoms with E-state index in [1.807, 2.05) is 89.3 Å². The van der Waals surface area contributed by atoms with Crippen molar-refractivity contribution in [2.75, 3.05) is 13.2 Å². The van der Waals surface area contributed by atoms with Crippen molar-refractivity contribution in [3.8, 4) is 0 Å². The molecule has 0 saturated carbocycles. The van der Waals surface area contributed by atoms with Crippen LogP contribution in [0.1, 0.15) is 60.8 Å². The fourth-order valence-electron chi connectivity index (χ4n) is 4.49. The number of hydrogen-bond donors (Lipinski definition) is 5. The minimum Gasteiger partial charge on any atom is -0.463 e. The number of carbonyl (C=O) groups is 3. The Morgan fingerprint density at radius 3 is 2.04 bits per heavy atom. The Morgan fingerprint density at radius 1 is 0.891 bits per heavy atom. The van der Waals surface area contributed by atoms with Crippen LogP contribution in [0, 0.1) is 5.41 Å². The Labute approximate surface area is 272 Å². The summed E-state index contributed by atoms with van der Waals surface area (Å²) in [6, 6.07) is 0. The maximum Gasteiger partial charge on any atom is 0.307 e. The lowest BCUT2D eigenvalue weighted by atomic mass is 9.71. The van der Waals surface area contributed by atoms with Gasteiger partial charge in [0.2, 0.25) is 0 Å². The highest BCUT2D eigenvalue weighted by atomic mass is 16.6. The van der Waals surface area contributed by atoms with Crippen molar-refractivity contribution in [3.05, 3.63) is 95.2 Å². The summed E-state index contributed by atoms with van der Waals surface area (Å²) >= 11 is 0. The minimum absolute atomic E-state index is 0.257. The van der Waals surface area contributed by atoms with Gasteiger partial charge in [0.25, 0.3) is 0 Å². The quantitative estimate of drug-likeness (QED) is 0.117. The van der Waals surface area contributed by atoms with Gasteiger partial charge >= 0.3 is 11.9 Å². The van der Waals surface area contributed by atoms with E-state index < -0.39 is 67.5 Å². The van der Waals surface area contributed by atoms with E-state index in [1.54, 1.807) is 13.0 Å². The van der Waals surface area contributed by atoms with Gasteiger partial charge in [-0.25, -0.2) is 0 Å². The Bertz CT molecular complexity index is 1290. The number of ketones is 1. The van der Waals surface area contributed by atoms with Crippen LogP contribution in [-0.2, 0) is 23.9 Å². The molecular formula is C36H50O10. The molecule has 0 aliphatic heterocycles. The van der Waals surface area contributed by atoms with Crippen molar-refractivity contribution in [1.29, 1.82) is 0 Å². The van der Waals surface area contributed by atoms with Gasteiger partial charge in [-0.1, -0.05) is 97.9 Å². The number of carbonyl (C=O) groups excluding carboxylic acids is 3. The molecule has 0 bridgehead atoms. The Kier molecular flexibility index (Phi) is 17.3. The van der Waals surface area contributed by atoms with Gasteiger partial charge in [0.15, 0.2) is 11.9 Å². The number of aliphatic hydroxyl groups is 5. The van der Waals surface area contributed by atoms with E-state index >= 15 is 0 Å². The molecule has 0 amide bonds. The van der Waals surface area contributed by atoms with Crippen LogP contribution >= 0.6 is 0 Å². The van der Waals surface area contributed by atoms with E-state index in [9.17, 15) is 34.8 Å². The smallest absolute Gasteiger partial charge is 0.307 e. The fourth-order valence-corrected chi connectivity index (χ4v) is 4.49. The van der Waals surface area contributed by atoms with Crippen molar-refractivity contribution in [1.82, 2.24) is 0 Å². The molecule has 0 saturated heterocycles. The molecule has 0 spiro atoms. The van der Waals surface area contributed by atoms with Crippen LogP contribution in [0.25, 0.3) is 0 Å². The molecule has 1 aliphatic carbocycles. The zero-order valence-corrected chi connectivity index (χ0v) is 27.7. The lowest BCUT2D eigenvalue weighted by molar-refractivity contribution is -0.161. The van der Waals surface area contributed by atoms with Crippen molar-refractivity contribution < 1.29 is 49.4 Å². The molecule has 0 aromatic rings. The highest BCUT2D eigenvalue weighted by Crippen LogP contribution is 2.40. The van der Waals surface area contributed by atoms with Crippen molar-refractivity contribution >= 4 is 17.7 Å². The number of allylic oxidation sites excluding steroid dienone is 14. The van der Waals surface area contributed by atoms with Gasteiger partial charge in [-0.3, -0.25) is 14.4 Å². The molecule has 1 rings (SSSR count). The Balaban J connectivity index is 2.74. The van der Waals surface area contributed by atoms with Crippen LogP contribution in [0.4, 0.5) is 0 Å². The third-order valence-corrected chi connectivity index (χ3v) is 7.42. The van der Waals surface area contributed by atoms with E-state index in [4.69, 9.17) is 14.6 Å². The summed E-state index contributed by atoms with van der Waals surface area (Å²) in [5, 5.41) is 47.4. The molecule has 0 aromatic carbocycles. The average molecular weight is 643 g/mol. The summed E-state index contributed by atoms with van der Waals surface area (Å²) < 4.78 is 10.2. The second kappa shape index (κ2) is 19.8. The zero-order valence-electron chi connectivity index (χ0n) is 27.7. The van der Waals surface area contributed by atoms with Crippen LogP contribution in [0.3, 0.4) is 0 Å². The number of ether oxygens (including phenoxy) is 2. The number of esters is 2. The van der Waals surface area contributed by atoms with Crippen molar-refractivity contribution in [3.63, 3.8) is 0 Å². The molecule has 46 heavy (non-hydrogen) atoms. The second-order valence-corrected chi connectivity index (χ2v) is 12.0. The lowest BCUT2D eigenvalue weighted by Gasteiger charge is -2.36. The first kappa shape index (κ1) is 40.4. The number of rotatable bonds is 17. The predicted octanol–water partition coefficient (Wildman–Crippen LogP) is 3.67. The third-order valence-electron chi connectivity index (χ3n) is 7.42. The summed E-state index contributed by atoms with van der Waals surface area (Å²) in [7, 11) is 0. The monoisotopic (exact) mass is 642 g/mol. The summed E-state index contributed by atoms with van der Waals surface area (Å²) in [6.45, 7) is 13.7. The van der Waals surface area contributed by atoms with Gasteiger partial charge in [-0.2, -0.15) is 0 Å². The molecule has 10 nitrogen and oxygen atoms in total. The van der Waals surface area contributed by atoms with E-state index in [-0.39, 0.29) is 18.6 Å². The molecular weight excluding hydrogens is 592 g/mol. The Morgan fingerprint density at radius 2 is 1.43 bits per heavy atom. The molecule has 5 N–H and O–H groups in total. The van der Waals surface area contributed by atoms with Crippen LogP contribution in [-0.4, -0.2) is 87.0 Å². The summed E-state index contributed by atoms with van der Waals surface area (Å²) in [6.07, 6.45) is 10.7. The van der Waals surface area contributed by atoms with E-state index in [2.05, 4.69) is 6.58 Å². The molecule has 5 atom stereocenters. The standard InChI is InChI=1S/C36H50O10/c1-8-23(2)12-9-10-13-24(3)14-11-15-25(4)16-17-27-26(5)33(42)30(20-36(27,6)7)46-32(41)19-18-31(40)45-22-29(39)35(44)34(43)28(38)21-37/h8-17,28-30,34-35,37-39,43-44H,1,18-22H2,2-7H3/b10-9+,14-11+,17-16+,23-12+,24-13+,25-15+. The van der Waals surface area contributed by atoms with Gasteiger partial charge in [0.05, 0.1) is 19.4 Å². The molecule has 0 heterocycles. The van der Waals surface area contributed by atoms with Crippen molar-refractivity contribution in [2.24, 2.45) is 5.41 Å². The van der Waals surface area contributed by atoms with Crippen LogP contribution in [0.5, 0.6) is 0 Å². The van der Waals surface area contributed by atoms with Crippen LogP contribution in [0.15, 0.2) is 95.2 Å². The van der Waals surface area contributed by atoms with Gasteiger partial charge in [0.1, 0.15) is 31.0 Å². The van der Waals surface area contributed by atoms with Crippen LogP contribution < -0.4 is 0 Å². The third kappa shape index (κ3) is 13.8. The normalized spacial score (nSPS) is 20.7. The molecule has 5 unspecified atom stereocenters. The molecule has 254 valence electrons. The molecule has 0 radical (unpaired) electrons. The first-order chi connectivity index (χ1) is 21.5. The topological polar surface area (TPSA) is 171 Å². The first-order valence-corrected chi connectivity index (χ1v) is 15.1. The predicted molar refractivity (Wildman–Crippen MR) is 176 cm³/mol. The van der Waals surface area contributed by atoms with Crippen molar-refractivity contribution in [2.45, 2.75) is 91.3 Å². The largest absolute Gasteiger partial charge is 0.463 e. The molecule has 1 aliphatic rings. The summed E-state index contributed by atoms with van der Waals surface area (Å²) in [5.41, 5.74) is 3.99. The number of Topliss-reactive ketones (excluding diaryl/α,β-unsaturated/α-hetero) is 1. The van der Waals surface area contributed by atoms with E-state index in [1.165, 1.54) is 0 Å². The Hall–Kier alpha value is -3.67. The second-order valence-electron chi connectivity index (χ2n) is 12.0. The molecule has 0 fully saturated rings. The maximum absolute atomic E-state index is 13.1. The van der Waals surface area contributed by atoms with Gasteiger partial charge < -0.3 is 35.0 Å².